The van der Waals surface area contributed by atoms with E-state index in [2.05, 4.69) is 26.3 Å². The first kappa shape index (κ1) is 21.9. The van der Waals surface area contributed by atoms with Crippen LogP contribution in [0.15, 0.2) is 52.6 Å². The van der Waals surface area contributed by atoms with E-state index in [0.29, 0.717) is 33.2 Å². The molecule has 2 aromatic heterocycles. The highest BCUT2D eigenvalue weighted by atomic mass is 32.2. The van der Waals surface area contributed by atoms with Gasteiger partial charge in [-0.05, 0) is 35.4 Å². The van der Waals surface area contributed by atoms with Gasteiger partial charge in [-0.2, -0.15) is 5.26 Å². The van der Waals surface area contributed by atoms with Crippen molar-refractivity contribution < 1.29 is 9.18 Å². The monoisotopic (exact) mass is 434 g/mol. The molecular formula is C22H19FN6OS. The average molecular weight is 435 g/mol. The Labute approximate surface area is 183 Å². The van der Waals surface area contributed by atoms with E-state index in [1.807, 2.05) is 0 Å². The molecule has 156 valence electrons. The van der Waals surface area contributed by atoms with Gasteiger partial charge in [0, 0.05) is 43.4 Å². The Bertz CT molecular complexity index is 1190. The number of nitrogens with one attached hydrogen (secondary N) is 1. The van der Waals surface area contributed by atoms with Crippen LogP contribution in [-0.2, 0) is 5.75 Å². The molecule has 31 heavy (non-hydrogen) atoms. The number of hydrogen-bond donors (Lipinski definition) is 2. The highest BCUT2D eigenvalue weighted by molar-refractivity contribution is 7.98. The molecule has 7 nitrogen and oxygen atoms in total. The molecule has 0 bridgehead atoms. The van der Waals surface area contributed by atoms with Gasteiger partial charge in [0.25, 0.3) is 5.91 Å². The fourth-order valence-electron chi connectivity index (χ4n) is 2.95. The van der Waals surface area contributed by atoms with Gasteiger partial charge in [0.1, 0.15) is 34.0 Å². The van der Waals surface area contributed by atoms with Gasteiger partial charge >= 0.3 is 0 Å². The van der Waals surface area contributed by atoms with Crippen molar-refractivity contribution in [2.75, 3.05) is 19.8 Å². The molecule has 0 atom stereocenters. The van der Waals surface area contributed by atoms with Crippen LogP contribution in [0.25, 0.3) is 11.1 Å². The Morgan fingerprint density at radius 1 is 1.35 bits per heavy atom. The van der Waals surface area contributed by atoms with Crippen molar-refractivity contribution in [2.24, 2.45) is 4.99 Å². The van der Waals surface area contributed by atoms with E-state index in [1.165, 1.54) is 23.9 Å². The van der Waals surface area contributed by atoms with E-state index in [0.717, 1.165) is 5.56 Å². The molecule has 0 spiro atoms. The van der Waals surface area contributed by atoms with Crippen molar-refractivity contribution in [1.82, 2.24) is 15.3 Å². The number of nitriles is 1. The molecule has 0 unspecified atom stereocenters. The molecule has 9 heteroatoms. The van der Waals surface area contributed by atoms with Crippen LogP contribution in [0.4, 0.5) is 10.2 Å². The third-order valence-electron chi connectivity index (χ3n) is 4.39. The van der Waals surface area contributed by atoms with E-state index in [1.54, 1.807) is 50.8 Å². The first-order chi connectivity index (χ1) is 15.0. The van der Waals surface area contributed by atoms with Gasteiger partial charge in [-0.25, -0.2) is 9.37 Å². The Balaban J connectivity index is 2.06. The average Bonchev–Trinajstić information content (AvgIpc) is 2.79. The van der Waals surface area contributed by atoms with Gasteiger partial charge in [-0.1, -0.05) is 12.1 Å². The number of anilines is 1. The van der Waals surface area contributed by atoms with Crippen LogP contribution in [0.3, 0.4) is 0 Å². The maximum absolute atomic E-state index is 13.4. The Morgan fingerprint density at radius 3 is 2.74 bits per heavy atom. The summed E-state index contributed by atoms with van der Waals surface area (Å²) in [6.45, 7) is 0. The quantitative estimate of drug-likeness (QED) is 0.453. The summed E-state index contributed by atoms with van der Waals surface area (Å²) in [5, 5.41) is 12.8. The lowest BCUT2D eigenvalue weighted by Crippen LogP contribution is -2.19. The van der Waals surface area contributed by atoms with E-state index in [-0.39, 0.29) is 23.1 Å². The van der Waals surface area contributed by atoms with Crippen molar-refractivity contribution >= 4 is 29.7 Å². The molecular weight excluding hydrogens is 415 g/mol. The molecule has 0 aliphatic carbocycles. The van der Waals surface area contributed by atoms with Crippen molar-refractivity contribution in [3.05, 3.63) is 70.8 Å². The van der Waals surface area contributed by atoms with Crippen LogP contribution in [0.5, 0.6) is 0 Å². The first-order valence-corrected chi connectivity index (χ1v) is 10.2. The highest BCUT2D eigenvalue weighted by Crippen LogP contribution is 2.36. The Morgan fingerprint density at radius 2 is 2.10 bits per heavy atom. The second-order valence-corrected chi connectivity index (χ2v) is 7.35. The lowest BCUT2D eigenvalue weighted by molar-refractivity contribution is 0.0958. The Kier molecular flexibility index (Phi) is 6.95. The van der Waals surface area contributed by atoms with Gasteiger partial charge in [0.15, 0.2) is 0 Å². The lowest BCUT2D eigenvalue weighted by atomic mass is 9.97. The minimum Gasteiger partial charge on any atom is -0.383 e. The number of aliphatic imine (C=N–C) groups is 1. The van der Waals surface area contributed by atoms with Gasteiger partial charge in [-0.15, -0.1) is 11.8 Å². The van der Waals surface area contributed by atoms with Crippen LogP contribution in [0.1, 0.15) is 27.2 Å². The number of halogens is 1. The number of carbonyl (C=O) groups is 1. The summed E-state index contributed by atoms with van der Waals surface area (Å²) >= 11 is 1.39. The van der Waals surface area contributed by atoms with E-state index in [9.17, 15) is 14.4 Å². The molecule has 1 aromatic carbocycles. The summed E-state index contributed by atoms with van der Waals surface area (Å²) in [5.41, 5.74) is 9.27. The van der Waals surface area contributed by atoms with Gasteiger partial charge in [0.2, 0.25) is 0 Å². The smallest absolute Gasteiger partial charge is 0.269 e. The third-order valence-corrected chi connectivity index (χ3v) is 5.45. The van der Waals surface area contributed by atoms with E-state index >= 15 is 0 Å². The van der Waals surface area contributed by atoms with E-state index < -0.39 is 0 Å². The molecule has 0 fully saturated rings. The second-order valence-electron chi connectivity index (χ2n) is 6.39. The minimum absolute atomic E-state index is 0.0818. The summed E-state index contributed by atoms with van der Waals surface area (Å²) in [5.74, 6) is -0.0873. The zero-order chi connectivity index (χ0) is 22.4. The summed E-state index contributed by atoms with van der Waals surface area (Å²) < 4.78 is 13.4. The summed E-state index contributed by atoms with van der Waals surface area (Å²) in [7, 11) is 3.16. The zero-order valence-corrected chi connectivity index (χ0v) is 17.7. The standard InChI is InChI=1S/C22H19FN6OS/c1-26-11-17-19(14-3-5-15(23)6-4-14)16(10-24)20(25)29-22(17)31-12-13-7-8-28-18(9-13)21(30)27-2/h3-9,11H,12H2,1-2H3,(H2,25,29)(H,27,30). The fraction of sp³-hybridized carbons (Fsp3) is 0.136. The number of rotatable bonds is 6. The minimum atomic E-state index is -0.380. The normalized spacial score (nSPS) is 10.8. The molecule has 0 saturated heterocycles. The SMILES string of the molecule is CN=Cc1c(SCc2ccnc(C(=O)NC)c2)nc(N)c(C#N)c1-c1ccc(F)cc1. The van der Waals surface area contributed by atoms with Crippen molar-refractivity contribution in [1.29, 1.82) is 5.26 Å². The summed E-state index contributed by atoms with van der Waals surface area (Å²) in [6.07, 6.45) is 3.18. The lowest BCUT2D eigenvalue weighted by Gasteiger charge is -2.15. The molecule has 0 aliphatic heterocycles. The number of nitrogen functional groups attached to an aromatic ring is 1. The fourth-order valence-corrected chi connectivity index (χ4v) is 3.91. The Hall–Kier alpha value is -3.77. The van der Waals surface area contributed by atoms with Gasteiger partial charge in [-0.3, -0.25) is 14.8 Å². The van der Waals surface area contributed by atoms with Crippen LogP contribution in [0, 0.1) is 17.1 Å². The van der Waals surface area contributed by atoms with Crippen LogP contribution in [0.2, 0.25) is 0 Å². The summed E-state index contributed by atoms with van der Waals surface area (Å²) in [6, 6.07) is 11.4. The van der Waals surface area contributed by atoms with Crippen molar-refractivity contribution in [3.8, 4) is 17.2 Å². The zero-order valence-electron chi connectivity index (χ0n) is 16.9. The molecule has 0 aliphatic rings. The number of nitrogens with zero attached hydrogens (tertiary/aromatic N) is 4. The topological polar surface area (TPSA) is 117 Å². The number of aromatic nitrogens is 2. The molecule has 0 saturated carbocycles. The number of benzene rings is 1. The number of hydrogen-bond acceptors (Lipinski definition) is 7. The molecule has 3 aromatic rings. The van der Waals surface area contributed by atoms with Gasteiger partial charge in [0.05, 0.1) is 0 Å². The molecule has 3 N–H and O–H groups in total. The highest BCUT2D eigenvalue weighted by Gasteiger charge is 2.19. The number of amides is 1. The number of thioether (sulfide) groups is 1. The van der Waals surface area contributed by atoms with Crippen LogP contribution < -0.4 is 11.1 Å². The molecule has 2 heterocycles. The van der Waals surface area contributed by atoms with Crippen LogP contribution in [-0.4, -0.2) is 36.2 Å². The van der Waals surface area contributed by atoms with Crippen LogP contribution >= 0.6 is 11.8 Å². The maximum Gasteiger partial charge on any atom is 0.269 e. The second kappa shape index (κ2) is 9.82. The van der Waals surface area contributed by atoms with Gasteiger partial charge < -0.3 is 11.1 Å². The number of carbonyl (C=O) groups excluding carboxylic acids is 1. The van der Waals surface area contributed by atoms with E-state index in [4.69, 9.17) is 5.73 Å². The number of pyridine rings is 2. The maximum atomic E-state index is 13.4. The van der Waals surface area contributed by atoms with Crippen molar-refractivity contribution in [3.63, 3.8) is 0 Å². The molecule has 3 rings (SSSR count). The largest absolute Gasteiger partial charge is 0.383 e. The third kappa shape index (κ3) is 4.87. The first-order valence-electron chi connectivity index (χ1n) is 9.20. The van der Waals surface area contributed by atoms with Crippen molar-refractivity contribution in [2.45, 2.75) is 10.8 Å². The molecule has 1 amide bonds. The number of nitrogens with two attached hydrogens (primary N) is 1. The predicted octanol–water partition coefficient (Wildman–Crippen LogP) is 3.44. The molecule has 0 radical (unpaired) electrons. The predicted molar refractivity (Wildman–Crippen MR) is 119 cm³/mol. The summed E-state index contributed by atoms with van der Waals surface area (Å²) in [4.78, 5) is 24.4.